The smallest absolute Gasteiger partial charge is 0.416 e. The zero-order chi connectivity index (χ0) is 18.0. The first-order valence-electron chi connectivity index (χ1n) is 7.91. The molecule has 0 fully saturated rings. The maximum absolute atomic E-state index is 12.7. The second-order valence-electron chi connectivity index (χ2n) is 6.03. The van der Waals surface area contributed by atoms with Gasteiger partial charge in [0, 0.05) is 18.2 Å². The average molecular weight is 353 g/mol. The van der Waals surface area contributed by atoms with Crippen LogP contribution in [0, 0.1) is 5.92 Å². The number of esters is 1. The number of fused-ring (bicyclic) bond motifs is 1. The SMILES string of the molecule is COC(=O)c1ccc2c(c1)OC[C@H](C1C=CC(C(F)(F)F)=CC1)NC2. The second kappa shape index (κ2) is 6.92. The fourth-order valence-corrected chi connectivity index (χ4v) is 2.98. The highest BCUT2D eigenvalue weighted by Crippen LogP contribution is 2.32. The first kappa shape index (κ1) is 17.5. The van der Waals surface area contributed by atoms with E-state index in [0.29, 0.717) is 30.9 Å². The number of carbonyl (C=O) groups is 1. The number of halogens is 3. The van der Waals surface area contributed by atoms with Crippen molar-refractivity contribution in [2.75, 3.05) is 13.7 Å². The molecule has 1 N–H and O–H groups in total. The fraction of sp³-hybridized carbons (Fsp3) is 0.389. The predicted molar refractivity (Wildman–Crippen MR) is 85.3 cm³/mol. The molecule has 2 aliphatic rings. The highest BCUT2D eigenvalue weighted by molar-refractivity contribution is 5.89. The van der Waals surface area contributed by atoms with E-state index in [1.54, 1.807) is 24.3 Å². The Bertz CT molecular complexity index is 725. The summed E-state index contributed by atoms with van der Waals surface area (Å²) in [7, 11) is 1.31. The number of ether oxygens (including phenoxy) is 2. The lowest BCUT2D eigenvalue weighted by Crippen LogP contribution is -2.38. The van der Waals surface area contributed by atoms with Crippen molar-refractivity contribution in [1.82, 2.24) is 5.32 Å². The lowest BCUT2D eigenvalue weighted by molar-refractivity contribution is -0.0887. The van der Waals surface area contributed by atoms with Crippen LogP contribution in [0.3, 0.4) is 0 Å². The maximum atomic E-state index is 12.7. The van der Waals surface area contributed by atoms with Gasteiger partial charge in [-0.1, -0.05) is 24.3 Å². The van der Waals surface area contributed by atoms with Crippen molar-refractivity contribution in [2.24, 2.45) is 5.92 Å². The summed E-state index contributed by atoms with van der Waals surface area (Å²) in [5, 5.41) is 3.32. The molecule has 0 saturated carbocycles. The van der Waals surface area contributed by atoms with Crippen LogP contribution in [0.2, 0.25) is 0 Å². The quantitative estimate of drug-likeness (QED) is 0.828. The lowest BCUT2D eigenvalue weighted by atomic mass is 9.90. The Labute approximate surface area is 143 Å². The Morgan fingerprint density at radius 2 is 2.16 bits per heavy atom. The lowest BCUT2D eigenvalue weighted by Gasteiger charge is -2.25. The molecule has 0 saturated heterocycles. The van der Waals surface area contributed by atoms with E-state index in [1.807, 2.05) is 0 Å². The molecule has 134 valence electrons. The molecule has 0 spiro atoms. The van der Waals surface area contributed by atoms with Crippen molar-refractivity contribution in [3.8, 4) is 5.75 Å². The van der Waals surface area contributed by atoms with E-state index >= 15 is 0 Å². The third-order valence-corrected chi connectivity index (χ3v) is 4.44. The summed E-state index contributed by atoms with van der Waals surface area (Å²) in [5.74, 6) is 0.0601. The van der Waals surface area contributed by atoms with Crippen LogP contribution in [0.25, 0.3) is 0 Å². The summed E-state index contributed by atoms with van der Waals surface area (Å²) in [6, 6.07) is 4.96. The average Bonchev–Trinajstić information content (AvgIpc) is 2.82. The van der Waals surface area contributed by atoms with Crippen molar-refractivity contribution in [3.63, 3.8) is 0 Å². The molecule has 1 aromatic rings. The van der Waals surface area contributed by atoms with Crippen molar-refractivity contribution in [1.29, 1.82) is 0 Å². The number of hydrogen-bond donors (Lipinski definition) is 1. The van der Waals surface area contributed by atoms with Gasteiger partial charge in [-0.15, -0.1) is 0 Å². The van der Waals surface area contributed by atoms with Crippen LogP contribution in [0.5, 0.6) is 5.75 Å². The van der Waals surface area contributed by atoms with E-state index in [0.717, 1.165) is 11.6 Å². The number of alkyl halides is 3. The minimum absolute atomic E-state index is 0.0829. The molecule has 4 nitrogen and oxygen atoms in total. The molecule has 1 heterocycles. The summed E-state index contributed by atoms with van der Waals surface area (Å²) >= 11 is 0. The summed E-state index contributed by atoms with van der Waals surface area (Å²) in [5.41, 5.74) is 0.681. The van der Waals surface area contributed by atoms with Crippen molar-refractivity contribution >= 4 is 5.97 Å². The van der Waals surface area contributed by atoms with Crippen LogP contribution in [0.4, 0.5) is 13.2 Å². The van der Waals surface area contributed by atoms with Crippen LogP contribution >= 0.6 is 0 Å². The Morgan fingerprint density at radius 3 is 2.80 bits per heavy atom. The van der Waals surface area contributed by atoms with Crippen molar-refractivity contribution in [2.45, 2.75) is 25.2 Å². The Morgan fingerprint density at radius 1 is 1.36 bits per heavy atom. The van der Waals surface area contributed by atoms with E-state index in [2.05, 4.69) is 5.32 Å². The van der Waals surface area contributed by atoms with Crippen molar-refractivity contribution in [3.05, 3.63) is 53.1 Å². The van der Waals surface area contributed by atoms with Gasteiger partial charge in [-0.3, -0.25) is 0 Å². The Hall–Kier alpha value is -2.28. The zero-order valence-corrected chi connectivity index (χ0v) is 13.6. The van der Waals surface area contributed by atoms with E-state index in [9.17, 15) is 18.0 Å². The third-order valence-electron chi connectivity index (χ3n) is 4.44. The molecule has 0 radical (unpaired) electrons. The largest absolute Gasteiger partial charge is 0.492 e. The van der Waals surface area contributed by atoms with Crippen LogP contribution in [-0.4, -0.2) is 31.9 Å². The van der Waals surface area contributed by atoms with Gasteiger partial charge in [0.2, 0.25) is 0 Å². The van der Waals surface area contributed by atoms with Crippen LogP contribution in [0.15, 0.2) is 42.0 Å². The monoisotopic (exact) mass is 353 g/mol. The molecule has 0 bridgehead atoms. The first-order chi connectivity index (χ1) is 11.9. The van der Waals surface area contributed by atoms with E-state index in [1.165, 1.54) is 13.2 Å². The highest BCUT2D eigenvalue weighted by atomic mass is 19.4. The molecular formula is C18H18F3NO3. The number of rotatable bonds is 2. The fourth-order valence-electron chi connectivity index (χ4n) is 2.98. The first-order valence-corrected chi connectivity index (χ1v) is 7.91. The summed E-state index contributed by atoms with van der Waals surface area (Å²) < 4.78 is 48.6. The normalized spacial score (nSPS) is 23.1. The van der Waals surface area contributed by atoms with Gasteiger partial charge in [-0.25, -0.2) is 4.79 Å². The molecule has 2 atom stereocenters. The molecule has 1 aliphatic heterocycles. The van der Waals surface area contributed by atoms with Gasteiger partial charge in [-0.05, 0) is 24.5 Å². The number of hydrogen-bond acceptors (Lipinski definition) is 4. The molecule has 1 unspecified atom stereocenters. The molecular weight excluding hydrogens is 335 g/mol. The predicted octanol–water partition coefficient (Wildman–Crippen LogP) is 3.39. The molecule has 3 rings (SSSR count). The van der Waals surface area contributed by atoms with Crippen molar-refractivity contribution < 1.29 is 27.4 Å². The molecule has 1 aliphatic carbocycles. The van der Waals surface area contributed by atoms with Gasteiger partial charge in [-0.2, -0.15) is 13.2 Å². The second-order valence-corrected chi connectivity index (χ2v) is 6.03. The molecule has 0 aromatic heterocycles. The van der Waals surface area contributed by atoms with Crippen LogP contribution in [-0.2, 0) is 11.3 Å². The van der Waals surface area contributed by atoms with Gasteiger partial charge in [0.15, 0.2) is 0 Å². The Kier molecular flexibility index (Phi) is 4.85. The summed E-state index contributed by atoms with van der Waals surface area (Å²) in [6.45, 7) is 0.823. The minimum atomic E-state index is -4.31. The zero-order valence-electron chi connectivity index (χ0n) is 13.6. The maximum Gasteiger partial charge on any atom is 0.416 e. The third kappa shape index (κ3) is 3.87. The molecule has 1 aromatic carbocycles. The van der Waals surface area contributed by atoms with Gasteiger partial charge in [0.1, 0.15) is 12.4 Å². The van der Waals surface area contributed by atoms with E-state index in [-0.39, 0.29) is 12.0 Å². The van der Waals surface area contributed by atoms with Gasteiger partial charge >= 0.3 is 12.1 Å². The Balaban J connectivity index is 1.68. The molecule has 0 amide bonds. The van der Waals surface area contributed by atoms with Crippen LogP contribution < -0.4 is 10.1 Å². The topological polar surface area (TPSA) is 47.6 Å². The highest BCUT2D eigenvalue weighted by Gasteiger charge is 2.34. The van der Waals surface area contributed by atoms with E-state index < -0.39 is 17.7 Å². The van der Waals surface area contributed by atoms with Gasteiger partial charge in [0.05, 0.1) is 18.2 Å². The van der Waals surface area contributed by atoms with E-state index in [4.69, 9.17) is 9.47 Å². The molecule has 7 heteroatoms. The van der Waals surface area contributed by atoms with Crippen LogP contribution in [0.1, 0.15) is 22.3 Å². The minimum Gasteiger partial charge on any atom is -0.492 e. The molecule has 25 heavy (non-hydrogen) atoms. The summed E-state index contributed by atoms with van der Waals surface area (Å²) in [6.07, 6.45) is -0.0752. The number of methoxy groups -OCH3 is 1. The van der Waals surface area contributed by atoms with Gasteiger partial charge < -0.3 is 14.8 Å². The number of carbonyl (C=O) groups excluding carboxylic acids is 1. The number of allylic oxidation sites excluding steroid dienone is 3. The number of nitrogens with one attached hydrogen (secondary N) is 1. The summed E-state index contributed by atoms with van der Waals surface area (Å²) in [4.78, 5) is 11.6. The standard InChI is InChI=1S/C18H18F3NO3/c1-24-17(23)12-2-3-13-9-22-15(10-25-16(13)8-12)11-4-6-14(7-5-11)18(19,20)21/h2-4,6-8,11,15,22H,5,9-10H2,1H3/t11?,15-/m1/s1. The number of benzene rings is 1. The van der Waals surface area contributed by atoms with Gasteiger partial charge in [0.25, 0.3) is 0 Å².